The molecule has 0 radical (unpaired) electrons. The maximum Gasteiger partial charge on any atom is 0.227 e. The van der Waals surface area contributed by atoms with Gasteiger partial charge in [0.25, 0.3) is 0 Å². The van der Waals surface area contributed by atoms with Gasteiger partial charge in [0.05, 0.1) is 5.41 Å². The Morgan fingerprint density at radius 1 is 1.22 bits per heavy atom. The van der Waals surface area contributed by atoms with Crippen LogP contribution in [0.5, 0.6) is 0 Å². The molecule has 18 heavy (non-hydrogen) atoms. The lowest BCUT2D eigenvalue weighted by atomic mass is 9.81. The molecule has 0 unspecified atom stereocenters. The second-order valence-electron chi connectivity index (χ2n) is 6.30. The maximum atomic E-state index is 12.4. The minimum Gasteiger partial charge on any atom is -0.381 e. The third-order valence-electron chi connectivity index (χ3n) is 4.81. The molecular weight excluding hydrogens is 228 g/mol. The van der Waals surface area contributed by atoms with Crippen LogP contribution >= 0.6 is 0 Å². The highest BCUT2D eigenvalue weighted by Crippen LogP contribution is 2.37. The standard InChI is InChI=1S/C14H26N2O2/c1-13(6-8-18-9-7-13)11-16-12(17)14(10-15)4-2-3-5-14/h2-11,15H2,1H3,(H,16,17). The van der Waals surface area contributed by atoms with Crippen molar-refractivity contribution in [3.8, 4) is 0 Å². The number of carbonyl (C=O) groups is 1. The molecule has 4 heteroatoms. The van der Waals surface area contributed by atoms with Crippen LogP contribution in [0.25, 0.3) is 0 Å². The minimum atomic E-state index is -0.276. The van der Waals surface area contributed by atoms with Crippen molar-refractivity contribution in [2.24, 2.45) is 16.6 Å². The summed E-state index contributed by atoms with van der Waals surface area (Å²) >= 11 is 0. The van der Waals surface area contributed by atoms with Gasteiger partial charge in [0, 0.05) is 26.3 Å². The lowest BCUT2D eigenvalue weighted by molar-refractivity contribution is -0.131. The van der Waals surface area contributed by atoms with Crippen LogP contribution in [-0.4, -0.2) is 32.2 Å². The quantitative estimate of drug-likeness (QED) is 0.798. The molecule has 3 N–H and O–H groups in total. The summed E-state index contributed by atoms with van der Waals surface area (Å²) in [5, 5.41) is 3.15. The van der Waals surface area contributed by atoms with Crippen LogP contribution in [-0.2, 0) is 9.53 Å². The van der Waals surface area contributed by atoms with Gasteiger partial charge in [-0.3, -0.25) is 4.79 Å². The molecule has 1 aliphatic heterocycles. The van der Waals surface area contributed by atoms with Crippen LogP contribution < -0.4 is 11.1 Å². The van der Waals surface area contributed by atoms with Crippen LogP contribution in [0.4, 0.5) is 0 Å². The predicted octanol–water partition coefficient (Wildman–Crippen LogP) is 1.44. The topological polar surface area (TPSA) is 64.4 Å². The second-order valence-corrected chi connectivity index (χ2v) is 6.30. The van der Waals surface area contributed by atoms with Crippen molar-refractivity contribution < 1.29 is 9.53 Å². The number of ether oxygens (including phenoxy) is 1. The number of nitrogens with one attached hydrogen (secondary N) is 1. The smallest absolute Gasteiger partial charge is 0.227 e. The molecule has 0 aromatic heterocycles. The average molecular weight is 254 g/mol. The third-order valence-corrected chi connectivity index (χ3v) is 4.81. The van der Waals surface area contributed by atoms with Gasteiger partial charge < -0.3 is 15.8 Å². The van der Waals surface area contributed by atoms with Crippen molar-refractivity contribution in [1.29, 1.82) is 0 Å². The van der Waals surface area contributed by atoms with Gasteiger partial charge in [-0.05, 0) is 31.1 Å². The summed E-state index contributed by atoms with van der Waals surface area (Å²) in [5.41, 5.74) is 5.75. The Morgan fingerprint density at radius 3 is 2.39 bits per heavy atom. The van der Waals surface area contributed by atoms with Crippen LogP contribution in [0.1, 0.15) is 45.4 Å². The van der Waals surface area contributed by atoms with E-state index >= 15 is 0 Å². The van der Waals surface area contributed by atoms with E-state index in [0.717, 1.165) is 58.3 Å². The molecule has 0 bridgehead atoms. The van der Waals surface area contributed by atoms with Crippen molar-refractivity contribution in [3.05, 3.63) is 0 Å². The zero-order valence-corrected chi connectivity index (χ0v) is 11.5. The summed E-state index contributed by atoms with van der Waals surface area (Å²) < 4.78 is 5.38. The van der Waals surface area contributed by atoms with E-state index < -0.39 is 0 Å². The monoisotopic (exact) mass is 254 g/mol. The number of amides is 1. The van der Waals surface area contributed by atoms with Crippen LogP contribution in [0.2, 0.25) is 0 Å². The molecule has 1 saturated heterocycles. The first-order valence-corrected chi connectivity index (χ1v) is 7.16. The summed E-state index contributed by atoms with van der Waals surface area (Å²) in [6, 6.07) is 0. The van der Waals surface area contributed by atoms with E-state index in [-0.39, 0.29) is 16.7 Å². The summed E-state index contributed by atoms with van der Waals surface area (Å²) in [6.07, 6.45) is 6.24. The Hall–Kier alpha value is -0.610. The molecule has 1 amide bonds. The van der Waals surface area contributed by atoms with Gasteiger partial charge in [-0.2, -0.15) is 0 Å². The maximum absolute atomic E-state index is 12.4. The second kappa shape index (κ2) is 5.57. The Balaban J connectivity index is 1.87. The van der Waals surface area contributed by atoms with E-state index in [1.807, 2.05) is 0 Å². The molecule has 0 aromatic rings. The predicted molar refractivity (Wildman–Crippen MR) is 71.1 cm³/mol. The van der Waals surface area contributed by atoms with Gasteiger partial charge in [0.15, 0.2) is 0 Å². The van der Waals surface area contributed by atoms with Crippen molar-refractivity contribution in [3.63, 3.8) is 0 Å². The van der Waals surface area contributed by atoms with Gasteiger partial charge in [0.2, 0.25) is 5.91 Å². The van der Waals surface area contributed by atoms with Gasteiger partial charge in [0.1, 0.15) is 0 Å². The van der Waals surface area contributed by atoms with Crippen LogP contribution in [0.3, 0.4) is 0 Å². The van der Waals surface area contributed by atoms with Gasteiger partial charge in [-0.1, -0.05) is 19.8 Å². The highest BCUT2D eigenvalue weighted by Gasteiger charge is 2.40. The van der Waals surface area contributed by atoms with E-state index in [1.54, 1.807) is 0 Å². The first-order chi connectivity index (χ1) is 8.60. The summed E-state index contributed by atoms with van der Waals surface area (Å²) in [4.78, 5) is 12.4. The van der Waals surface area contributed by atoms with E-state index in [4.69, 9.17) is 10.5 Å². The summed E-state index contributed by atoms with van der Waals surface area (Å²) in [7, 11) is 0. The molecular formula is C14H26N2O2. The zero-order valence-electron chi connectivity index (χ0n) is 11.5. The zero-order chi connectivity index (χ0) is 13.1. The van der Waals surface area contributed by atoms with Gasteiger partial charge in [-0.25, -0.2) is 0 Å². The Labute approximate surface area is 110 Å². The van der Waals surface area contributed by atoms with Crippen molar-refractivity contribution in [1.82, 2.24) is 5.32 Å². The SMILES string of the molecule is CC1(CNC(=O)C2(CN)CCCC2)CCOCC1. The van der Waals surface area contributed by atoms with Gasteiger partial charge in [-0.15, -0.1) is 0 Å². The van der Waals surface area contributed by atoms with Crippen molar-refractivity contribution in [2.75, 3.05) is 26.3 Å². The summed E-state index contributed by atoms with van der Waals surface area (Å²) in [6.45, 7) is 5.11. The number of hydrogen-bond acceptors (Lipinski definition) is 3. The molecule has 4 nitrogen and oxygen atoms in total. The normalized spacial score (nSPS) is 25.9. The first kappa shape index (κ1) is 13.8. The summed E-state index contributed by atoms with van der Waals surface area (Å²) in [5.74, 6) is 0.176. The van der Waals surface area contributed by atoms with E-state index in [2.05, 4.69) is 12.2 Å². The number of nitrogens with two attached hydrogens (primary N) is 1. The highest BCUT2D eigenvalue weighted by molar-refractivity contribution is 5.83. The number of hydrogen-bond donors (Lipinski definition) is 2. The fourth-order valence-electron chi connectivity index (χ4n) is 3.10. The average Bonchev–Trinajstić information content (AvgIpc) is 2.87. The van der Waals surface area contributed by atoms with E-state index in [1.165, 1.54) is 0 Å². The van der Waals surface area contributed by atoms with Gasteiger partial charge >= 0.3 is 0 Å². The van der Waals surface area contributed by atoms with Crippen molar-refractivity contribution >= 4 is 5.91 Å². The fraction of sp³-hybridized carbons (Fsp3) is 0.929. The molecule has 0 atom stereocenters. The lowest BCUT2D eigenvalue weighted by Crippen LogP contribution is -2.48. The van der Waals surface area contributed by atoms with Crippen molar-refractivity contribution in [2.45, 2.75) is 45.4 Å². The molecule has 0 spiro atoms. The van der Waals surface area contributed by atoms with E-state index in [0.29, 0.717) is 6.54 Å². The van der Waals surface area contributed by atoms with Crippen LogP contribution in [0, 0.1) is 10.8 Å². The fourth-order valence-corrected chi connectivity index (χ4v) is 3.10. The highest BCUT2D eigenvalue weighted by atomic mass is 16.5. The van der Waals surface area contributed by atoms with E-state index in [9.17, 15) is 4.79 Å². The number of rotatable bonds is 4. The molecule has 1 saturated carbocycles. The Kier molecular flexibility index (Phi) is 4.28. The molecule has 104 valence electrons. The molecule has 0 aromatic carbocycles. The molecule has 2 rings (SSSR count). The number of carbonyl (C=O) groups excluding carboxylic acids is 1. The first-order valence-electron chi connectivity index (χ1n) is 7.16. The van der Waals surface area contributed by atoms with Crippen LogP contribution in [0.15, 0.2) is 0 Å². The Bertz CT molecular complexity index is 292. The molecule has 2 fully saturated rings. The Morgan fingerprint density at radius 2 is 1.83 bits per heavy atom. The lowest BCUT2D eigenvalue weighted by Gasteiger charge is -2.35. The largest absolute Gasteiger partial charge is 0.381 e. The molecule has 2 aliphatic rings. The molecule has 1 aliphatic carbocycles. The minimum absolute atomic E-state index is 0.176. The molecule has 1 heterocycles. The third kappa shape index (κ3) is 2.86.